The summed E-state index contributed by atoms with van der Waals surface area (Å²) in [6.07, 6.45) is 4.95. The summed E-state index contributed by atoms with van der Waals surface area (Å²) in [5, 5.41) is 7.07. The lowest BCUT2D eigenvalue weighted by molar-refractivity contribution is 0.316. The Hall–Kier alpha value is -1.50. The minimum absolute atomic E-state index is 0.347. The molecule has 3 aromatic heterocycles. The summed E-state index contributed by atoms with van der Waals surface area (Å²) in [5.41, 5.74) is 1.49. The highest BCUT2D eigenvalue weighted by atomic mass is 32.1. The van der Waals surface area contributed by atoms with Crippen LogP contribution >= 0.6 is 22.7 Å². The monoisotopic (exact) mass is 372 g/mol. The van der Waals surface area contributed by atoms with E-state index in [2.05, 4.69) is 41.8 Å². The van der Waals surface area contributed by atoms with Crippen LogP contribution < -0.4 is 5.32 Å². The van der Waals surface area contributed by atoms with Crippen molar-refractivity contribution in [1.82, 2.24) is 14.9 Å². The summed E-state index contributed by atoms with van der Waals surface area (Å²) in [6, 6.07) is 4.68. The summed E-state index contributed by atoms with van der Waals surface area (Å²) in [5.74, 6) is 1.87. The molecule has 0 fully saturated rings. The van der Waals surface area contributed by atoms with Crippen LogP contribution in [0.2, 0.25) is 0 Å². The molecule has 1 N–H and O–H groups in total. The molecule has 4 nitrogen and oxygen atoms in total. The van der Waals surface area contributed by atoms with Gasteiger partial charge >= 0.3 is 0 Å². The second-order valence-electron chi connectivity index (χ2n) is 6.89. The molecular formula is C19H24N4S2. The lowest BCUT2D eigenvalue weighted by Crippen LogP contribution is -2.26. The van der Waals surface area contributed by atoms with Crippen molar-refractivity contribution in [1.29, 1.82) is 0 Å². The zero-order chi connectivity index (χ0) is 17.4. The van der Waals surface area contributed by atoms with E-state index in [4.69, 9.17) is 9.97 Å². The third kappa shape index (κ3) is 3.30. The molecule has 0 saturated carbocycles. The molecule has 0 amide bonds. The van der Waals surface area contributed by atoms with Gasteiger partial charge in [0.25, 0.3) is 0 Å². The van der Waals surface area contributed by atoms with Crippen LogP contribution in [0.1, 0.15) is 40.0 Å². The Balaban J connectivity index is 1.68. The van der Waals surface area contributed by atoms with Crippen molar-refractivity contribution < 1.29 is 0 Å². The van der Waals surface area contributed by atoms with Crippen LogP contribution in [0.4, 0.5) is 5.82 Å². The molecule has 1 unspecified atom stereocenters. The SMILES string of the molecule is Cc1nc(NCC(c2cccs2)N(C)C)c2c3c(sc2n1)CCCC3. The number of thiophene rings is 2. The second-order valence-corrected chi connectivity index (χ2v) is 8.95. The Labute approximate surface area is 156 Å². The van der Waals surface area contributed by atoms with Crippen LogP contribution in [0.5, 0.6) is 0 Å². The molecule has 1 aliphatic rings. The molecule has 0 bridgehead atoms. The molecule has 0 aromatic carbocycles. The lowest BCUT2D eigenvalue weighted by Gasteiger charge is -2.24. The quantitative estimate of drug-likeness (QED) is 0.707. The summed E-state index contributed by atoms with van der Waals surface area (Å²) >= 11 is 3.68. The van der Waals surface area contributed by atoms with E-state index in [0.717, 1.165) is 23.0 Å². The summed E-state index contributed by atoms with van der Waals surface area (Å²) < 4.78 is 0. The number of fused-ring (bicyclic) bond motifs is 3. The van der Waals surface area contributed by atoms with E-state index in [0.29, 0.717) is 6.04 Å². The van der Waals surface area contributed by atoms with Gasteiger partial charge in [-0.15, -0.1) is 22.7 Å². The summed E-state index contributed by atoms with van der Waals surface area (Å²) in [7, 11) is 4.28. The Morgan fingerprint density at radius 1 is 1.24 bits per heavy atom. The van der Waals surface area contributed by atoms with E-state index in [1.54, 1.807) is 0 Å². The van der Waals surface area contributed by atoms with Gasteiger partial charge in [0.15, 0.2) is 0 Å². The van der Waals surface area contributed by atoms with E-state index >= 15 is 0 Å². The fraction of sp³-hybridized carbons (Fsp3) is 0.474. The van der Waals surface area contributed by atoms with E-state index in [1.165, 1.54) is 46.4 Å². The largest absolute Gasteiger partial charge is 0.367 e. The van der Waals surface area contributed by atoms with Gasteiger partial charge in [-0.3, -0.25) is 0 Å². The van der Waals surface area contributed by atoms with Crippen molar-refractivity contribution in [3.05, 3.63) is 38.7 Å². The average Bonchev–Trinajstić information content (AvgIpc) is 3.21. The Morgan fingerprint density at radius 2 is 2.08 bits per heavy atom. The molecule has 1 atom stereocenters. The van der Waals surface area contributed by atoms with Crippen molar-refractivity contribution in [2.75, 3.05) is 26.0 Å². The van der Waals surface area contributed by atoms with Gasteiger partial charge in [0, 0.05) is 16.3 Å². The molecule has 4 rings (SSSR count). The number of aromatic nitrogens is 2. The van der Waals surface area contributed by atoms with Crippen molar-refractivity contribution in [3.63, 3.8) is 0 Å². The number of likely N-dealkylation sites (N-methyl/N-ethyl adjacent to an activating group) is 1. The molecule has 1 aliphatic carbocycles. The lowest BCUT2D eigenvalue weighted by atomic mass is 9.97. The van der Waals surface area contributed by atoms with Gasteiger partial charge in [0.1, 0.15) is 16.5 Å². The third-order valence-corrected chi connectivity index (χ3v) is 7.04. The van der Waals surface area contributed by atoms with Gasteiger partial charge < -0.3 is 10.2 Å². The first-order valence-corrected chi connectivity index (χ1v) is 10.6. The average molecular weight is 373 g/mol. The minimum atomic E-state index is 0.347. The first-order chi connectivity index (χ1) is 12.1. The van der Waals surface area contributed by atoms with Gasteiger partial charge in [0.05, 0.1) is 11.4 Å². The van der Waals surface area contributed by atoms with Gasteiger partial charge in [-0.2, -0.15) is 0 Å². The molecule has 25 heavy (non-hydrogen) atoms. The van der Waals surface area contributed by atoms with Crippen LogP contribution in [0.25, 0.3) is 10.2 Å². The van der Waals surface area contributed by atoms with E-state index in [9.17, 15) is 0 Å². The predicted octanol–water partition coefficient (Wildman–Crippen LogP) is 4.65. The van der Waals surface area contributed by atoms with E-state index < -0.39 is 0 Å². The van der Waals surface area contributed by atoms with Crippen LogP contribution in [0, 0.1) is 6.92 Å². The number of hydrogen-bond acceptors (Lipinski definition) is 6. The highest BCUT2D eigenvalue weighted by Gasteiger charge is 2.22. The fourth-order valence-electron chi connectivity index (χ4n) is 3.60. The second kappa shape index (κ2) is 7.02. The Morgan fingerprint density at radius 3 is 2.84 bits per heavy atom. The predicted molar refractivity (Wildman–Crippen MR) is 108 cm³/mol. The van der Waals surface area contributed by atoms with E-state index in [-0.39, 0.29) is 0 Å². The molecule has 0 saturated heterocycles. The van der Waals surface area contributed by atoms with Gasteiger partial charge in [-0.1, -0.05) is 6.07 Å². The van der Waals surface area contributed by atoms with Crippen LogP contribution in [0.15, 0.2) is 17.5 Å². The molecule has 0 spiro atoms. The Bertz CT molecular complexity index is 867. The van der Waals surface area contributed by atoms with Crippen molar-refractivity contribution in [2.24, 2.45) is 0 Å². The molecule has 132 valence electrons. The van der Waals surface area contributed by atoms with Gasteiger partial charge in [-0.25, -0.2) is 9.97 Å². The number of hydrogen-bond donors (Lipinski definition) is 1. The number of nitrogens with one attached hydrogen (secondary N) is 1. The topological polar surface area (TPSA) is 41.1 Å². The smallest absolute Gasteiger partial charge is 0.138 e. The van der Waals surface area contributed by atoms with Crippen LogP contribution in [-0.4, -0.2) is 35.5 Å². The van der Waals surface area contributed by atoms with Gasteiger partial charge in [0.2, 0.25) is 0 Å². The first kappa shape index (κ1) is 16.9. The molecule has 3 heterocycles. The molecule has 0 aliphatic heterocycles. The summed E-state index contributed by atoms with van der Waals surface area (Å²) in [6.45, 7) is 2.84. The molecule has 0 radical (unpaired) electrons. The van der Waals surface area contributed by atoms with Crippen molar-refractivity contribution in [3.8, 4) is 0 Å². The maximum Gasteiger partial charge on any atom is 0.138 e. The zero-order valence-corrected chi connectivity index (χ0v) is 16.6. The van der Waals surface area contributed by atoms with E-state index in [1.807, 2.05) is 29.6 Å². The number of anilines is 1. The molecule has 3 aromatic rings. The molecular weight excluding hydrogens is 348 g/mol. The maximum absolute atomic E-state index is 4.76. The fourth-order valence-corrected chi connectivity index (χ4v) is 5.83. The maximum atomic E-state index is 4.76. The third-order valence-electron chi connectivity index (χ3n) is 4.88. The van der Waals surface area contributed by atoms with Gasteiger partial charge in [-0.05, 0) is 63.7 Å². The minimum Gasteiger partial charge on any atom is -0.367 e. The number of nitrogens with zero attached hydrogens (tertiary/aromatic N) is 3. The Kier molecular flexibility index (Phi) is 4.75. The van der Waals surface area contributed by atoms with Crippen LogP contribution in [0.3, 0.4) is 0 Å². The van der Waals surface area contributed by atoms with Crippen LogP contribution in [-0.2, 0) is 12.8 Å². The molecule has 6 heteroatoms. The summed E-state index contributed by atoms with van der Waals surface area (Å²) in [4.78, 5) is 15.8. The highest BCUT2D eigenvalue weighted by Crippen LogP contribution is 2.38. The highest BCUT2D eigenvalue weighted by molar-refractivity contribution is 7.19. The standard InChI is InChI=1S/C19H24N4S2/c1-12-21-18(20-11-14(23(2)3)16-9-6-10-24-16)17-13-7-4-5-8-15(13)25-19(17)22-12/h6,9-10,14H,4-5,7-8,11H2,1-3H3,(H,20,21,22). The number of aryl methyl sites for hydroxylation is 3. The normalized spacial score (nSPS) is 15.5. The van der Waals surface area contributed by atoms with Crippen molar-refractivity contribution in [2.45, 2.75) is 38.6 Å². The van der Waals surface area contributed by atoms with Crippen molar-refractivity contribution >= 4 is 38.7 Å². The number of rotatable bonds is 5. The first-order valence-electron chi connectivity index (χ1n) is 8.86. The zero-order valence-electron chi connectivity index (χ0n) is 15.0.